The Kier molecular flexibility index (Phi) is 6.77. The van der Waals surface area contributed by atoms with Gasteiger partial charge in [-0.15, -0.1) is 0 Å². The van der Waals surface area contributed by atoms with Crippen LogP contribution >= 0.6 is 0 Å². The van der Waals surface area contributed by atoms with E-state index in [0.29, 0.717) is 31.1 Å². The van der Waals surface area contributed by atoms with Crippen LogP contribution in [0.3, 0.4) is 0 Å². The van der Waals surface area contributed by atoms with Crippen LogP contribution in [0.15, 0.2) is 42.7 Å². The quantitative estimate of drug-likeness (QED) is 0.773. The molecule has 1 aromatic heterocycles. The van der Waals surface area contributed by atoms with Crippen LogP contribution in [0.4, 0.5) is 5.95 Å². The maximum absolute atomic E-state index is 12.9. The zero-order valence-electron chi connectivity index (χ0n) is 17.2. The number of nitrogens with zero attached hydrogens (tertiary/aromatic N) is 5. The van der Waals surface area contributed by atoms with Gasteiger partial charge in [0.2, 0.25) is 11.9 Å². The van der Waals surface area contributed by atoms with Gasteiger partial charge in [0, 0.05) is 59.7 Å². The van der Waals surface area contributed by atoms with Gasteiger partial charge in [-0.2, -0.15) is 0 Å². The molecule has 1 N–H and O–H groups in total. The fourth-order valence-electron chi connectivity index (χ4n) is 3.45. The van der Waals surface area contributed by atoms with Gasteiger partial charge < -0.3 is 15.1 Å². The first-order valence-corrected chi connectivity index (χ1v) is 9.78. The van der Waals surface area contributed by atoms with Crippen LogP contribution in [-0.4, -0.2) is 84.9 Å². The van der Waals surface area contributed by atoms with E-state index in [1.165, 1.54) is 5.56 Å². The summed E-state index contributed by atoms with van der Waals surface area (Å²) in [5.74, 6) is 0.331. The van der Waals surface area contributed by atoms with Crippen LogP contribution in [0.1, 0.15) is 15.9 Å². The van der Waals surface area contributed by atoms with Gasteiger partial charge in [0.15, 0.2) is 0 Å². The van der Waals surface area contributed by atoms with E-state index in [1.807, 2.05) is 32.3 Å². The van der Waals surface area contributed by atoms with Crippen LogP contribution in [0.5, 0.6) is 0 Å². The number of likely N-dealkylation sites (N-methyl/N-ethyl adjacent to an activating group) is 1. The van der Waals surface area contributed by atoms with E-state index in [2.05, 4.69) is 32.3 Å². The zero-order chi connectivity index (χ0) is 20.8. The van der Waals surface area contributed by atoms with Gasteiger partial charge in [0.05, 0.1) is 5.56 Å². The minimum Gasteiger partial charge on any atom is -0.358 e. The minimum absolute atomic E-state index is 0.0743. The van der Waals surface area contributed by atoms with Crippen molar-refractivity contribution in [1.29, 1.82) is 0 Å². The van der Waals surface area contributed by atoms with Crippen molar-refractivity contribution in [3.8, 4) is 0 Å². The van der Waals surface area contributed by atoms with Crippen molar-refractivity contribution in [2.24, 2.45) is 0 Å². The number of rotatable bonds is 6. The first-order valence-electron chi connectivity index (χ1n) is 9.78. The predicted molar refractivity (Wildman–Crippen MR) is 112 cm³/mol. The van der Waals surface area contributed by atoms with Crippen molar-refractivity contribution in [2.45, 2.75) is 12.5 Å². The summed E-state index contributed by atoms with van der Waals surface area (Å²) >= 11 is 0. The molecule has 1 aliphatic rings. The molecule has 0 radical (unpaired) electrons. The van der Waals surface area contributed by atoms with Crippen LogP contribution < -0.4 is 10.2 Å². The molecular weight excluding hydrogens is 368 g/mol. The number of amides is 2. The first kappa shape index (κ1) is 20.7. The number of anilines is 1. The summed E-state index contributed by atoms with van der Waals surface area (Å²) in [7, 11) is 5.32. The Morgan fingerprint density at radius 3 is 2.45 bits per heavy atom. The van der Waals surface area contributed by atoms with Crippen LogP contribution in [-0.2, 0) is 11.2 Å². The third kappa shape index (κ3) is 5.08. The van der Waals surface area contributed by atoms with Gasteiger partial charge in [0.25, 0.3) is 5.91 Å². The smallest absolute Gasteiger partial charge is 0.257 e. The maximum Gasteiger partial charge on any atom is 0.257 e. The zero-order valence-corrected chi connectivity index (χ0v) is 17.2. The van der Waals surface area contributed by atoms with Gasteiger partial charge in [-0.3, -0.25) is 14.5 Å². The molecule has 1 atom stereocenters. The molecule has 0 aliphatic carbocycles. The molecule has 29 heavy (non-hydrogen) atoms. The fourth-order valence-corrected chi connectivity index (χ4v) is 3.45. The number of nitrogens with one attached hydrogen (secondary N) is 1. The predicted octanol–water partition coefficient (Wildman–Crippen LogP) is 0.658. The normalized spacial score (nSPS) is 17.1. The SMILES string of the molecule is CNC(=O)[C@@H]1CN(C(=O)c2cnc(N(C)C)nc2)CCN1CCc1ccccc1. The molecule has 8 nitrogen and oxygen atoms in total. The van der Waals surface area contributed by atoms with E-state index >= 15 is 0 Å². The molecule has 0 bridgehead atoms. The van der Waals surface area contributed by atoms with E-state index < -0.39 is 0 Å². The number of hydrogen-bond acceptors (Lipinski definition) is 6. The molecule has 3 rings (SSSR count). The van der Waals surface area contributed by atoms with Crippen molar-refractivity contribution in [1.82, 2.24) is 25.1 Å². The average Bonchev–Trinajstić information content (AvgIpc) is 2.77. The standard InChI is InChI=1S/C21H28N6O2/c1-22-19(28)18-15-27(20(29)17-13-23-21(24-14-17)25(2)3)12-11-26(18)10-9-16-7-5-4-6-8-16/h4-8,13-14,18H,9-12,15H2,1-3H3,(H,22,28)/t18-/m0/s1. The lowest BCUT2D eigenvalue weighted by Gasteiger charge is -2.40. The molecule has 2 aromatic rings. The maximum atomic E-state index is 12.9. The number of hydrogen-bond donors (Lipinski definition) is 1. The molecule has 0 saturated carbocycles. The highest BCUT2D eigenvalue weighted by atomic mass is 16.2. The summed E-state index contributed by atoms with van der Waals surface area (Å²) in [6.07, 6.45) is 3.95. The summed E-state index contributed by atoms with van der Waals surface area (Å²) in [6, 6.07) is 9.84. The van der Waals surface area contributed by atoms with Crippen molar-refractivity contribution < 1.29 is 9.59 Å². The third-order valence-electron chi connectivity index (χ3n) is 5.14. The summed E-state index contributed by atoms with van der Waals surface area (Å²) < 4.78 is 0. The summed E-state index contributed by atoms with van der Waals surface area (Å²) in [4.78, 5) is 39.5. The monoisotopic (exact) mass is 396 g/mol. The van der Waals surface area contributed by atoms with Crippen LogP contribution in [0, 0.1) is 0 Å². The number of piperazine rings is 1. The second kappa shape index (κ2) is 9.47. The Balaban J connectivity index is 1.67. The van der Waals surface area contributed by atoms with Crippen molar-refractivity contribution in [3.63, 3.8) is 0 Å². The third-order valence-corrected chi connectivity index (χ3v) is 5.14. The second-order valence-corrected chi connectivity index (χ2v) is 7.32. The van der Waals surface area contributed by atoms with E-state index in [-0.39, 0.29) is 17.9 Å². The Morgan fingerprint density at radius 2 is 1.83 bits per heavy atom. The van der Waals surface area contributed by atoms with E-state index in [1.54, 1.807) is 29.2 Å². The van der Waals surface area contributed by atoms with Gasteiger partial charge in [-0.05, 0) is 12.0 Å². The molecule has 1 aromatic carbocycles. The molecule has 0 unspecified atom stereocenters. The number of carbonyl (C=O) groups excluding carboxylic acids is 2. The Bertz CT molecular complexity index is 825. The minimum atomic E-state index is -0.372. The Hall–Kier alpha value is -3.00. The fraction of sp³-hybridized carbons (Fsp3) is 0.429. The van der Waals surface area contributed by atoms with Crippen molar-refractivity contribution >= 4 is 17.8 Å². The van der Waals surface area contributed by atoms with Gasteiger partial charge in [-0.1, -0.05) is 30.3 Å². The molecule has 8 heteroatoms. The number of benzene rings is 1. The summed E-state index contributed by atoms with van der Waals surface area (Å²) in [5.41, 5.74) is 1.67. The van der Waals surface area contributed by atoms with Crippen LogP contribution in [0.2, 0.25) is 0 Å². The number of aromatic nitrogens is 2. The highest BCUT2D eigenvalue weighted by molar-refractivity contribution is 5.94. The second-order valence-electron chi connectivity index (χ2n) is 7.32. The van der Waals surface area contributed by atoms with E-state index in [0.717, 1.165) is 13.0 Å². The largest absolute Gasteiger partial charge is 0.358 e. The van der Waals surface area contributed by atoms with Gasteiger partial charge in [0.1, 0.15) is 6.04 Å². The van der Waals surface area contributed by atoms with E-state index in [9.17, 15) is 9.59 Å². The molecule has 0 spiro atoms. The summed E-state index contributed by atoms with van der Waals surface area (Å²) in [6.45, 7) is 2.33. The lowest BCUT2D eigenvalue weighted by Crippen LogP contribution is -2.60. The van der Waals surface area contributed by atoms with Crippen molar-refractivity contribution in [2.75, 3.05) is 52.2 Å². The topological polar surface area (TPSA) is 81.7 Å². The van der Waals surface area contributed by atoms with Gasteiger partial charge in [-0.25, -0.2) is 9.97 Å². The molecule has 2 amide bonds. The lowest BCUT2D eigenvalue weighted by molar-refractivity contribution is -0.127. The first-order chi connectivity index (χ1) is 14.0. The average molecular weight is 396 g/mol. The molecule has 1 aliphatic heterocycles. The molecular formula is C21H28N6O2. The summed E-state index contributed by atoms with van der Waals surface area (Å²) in [5, 5.41) is 2.73. The highest BCUT2D eigenvalue weighted by Crippen LogP contribution is 2.15. The van der Waals surface area contributed by atoms with Gasteiger partial charge >= 0.3 is 0 Å². The van der Waals surface area contributed by atoms with Crippen molar-refractivity contribution in [3.05, 3.63) is 53.9 Å². The highest BCUT2D eigenvalue weighted by Gasteiger charge is 2.34. The Labute approximate surface area is 171 Å². The van der Waals surface area contributed by atoms with Crippen LogP contribution in [0.25, 0.3) is 0 Å². The molecule has 1 fully saturated rings. The molecule has 2 heterocycles. The Morgan fingerprint density at radius 1 is 1.14 bits per heavy atom. The number of carbonyl (C=O) groups is 2. The van der Waals surface area contributed by atoms with E-state index in [4.69, 9.17) is 0 Å². The molecule has 1 saturated heterocycles. The lowest BCUT2D eigenvalue weighted by atomic mass is 10.1. The molecule has 154 valence electrons.